The van der Waals surface area contributed by atoms with E-state index in [2.05, 4.69) is 56.5 Å². The standard InChI is InChI=1S/C42H56N14O10S/c1-24(2)33(52-31(57)14-17-64-19-21-66-22-20-65-18-16-48-56-45)40(61)49-25(3)37(58)53-32-13-12-30(67-32)39(60)46-15-4-5-29(41(62)63)51-38(59)27-9-6-26(7-10-27)8-11-28-23-47-36-34(50-28)35(43)54-42(44)55-36/h6-7,9-10,12-13,23-25,29,33H,4-5,8,11,14-22H2,1-3H3,(H,46,60)(H,49,61)(H,51,59)(H,52,57)(H,53,58)(H,62,63)(H4,43,44,47,54,55)/t25-,29-,33-/m0/s1. The monoisotopic (exact) mass is 948 g/mol. The van der Waals surface area contributed by atoms with Crippen molar-refractivity contribution in [3.8, 4) is 0 Å². The molecule has 0 unspecified atom stereocenters. The molecule has 0 spiro atoms. The van der Waals surface area contributed by atoms with Crippen LogP contribution in [-0.4, -0.2) is 131 Å². The van der Waals surface area contributed by atoms with Gasteiger partial charge in [0.15, 0.2) is 17.0 Å². The number of fused-ring (bicyclic) bond motifs is 1. The van der Waals surface area contributed by atoms with Gasteiger partial charge in [0.25, 0.3) is 11.8 Å². The Morgan fingerprint density at radius 3 is 2.22 bits per heavy atom. The van der Waals surface area contributed by atoms with Gasteiger partial charge in [0.05, 0.1) is 61.4 Å². The number of nitrogens with zero attached hydrogens (tertiary/aromatic N) is 7. The zero-order valence-corrected chi connectivity index (χ0v) is 38.2. The Bertz CT molecular complexity index is 2360. The number of nitrogens with two attached hydrogens (primary N) is 2. The quantitative estimate of drug-likeness (QED) is 0.0167. The molecule has 0 bridgehead atoms. The maximum Gasteiger partial charge on any atom is 0.326 e. The van der Waals surface area contributed by atoms with Crippen molar-refractivity contribution in [2.24, 2.45) is 11.0 Å². The Kier molecular flexibility index (Phi) is 21.5. The van der Waals surface area contributed by atoms with Gasteiger partial charge in [-0.1, -0.05) is 31.1 Å². The number of rotatable bonds is 29. The average molecular weight is 949 g/mol. The number of anilines is 3. The molecule has 1 aromatic carbocycles. The van der Waals surface area contributed by atoms with E-state index in [0.29, 0.717) is 54.5 Å². The molecule has 10 N–H and O–H groups in total. The molecule has 4 aromatic rings. The number of thiophene rings is 1. The van der Waals surface area contributed by atoms with Gasteiger partial charge in [-0.3, -0.25) is 24.0 Å². The third-order valence-electron chi connectivity index (χ3n) is 9.66. The van der Waals surface area contributed by atoms with Gasteiger partial charge in [-0.2, -0.15) is 9.97 Å². The number of aromatic nitrogens is 4. The lowest BCUT2D eigenvalue weighted by molar-refractivity contribution is -0.139. The smallest absolute Gasteiger partial charge is 0.326 e. The van der Waals surface area contributed by atoms with Gasteiger partial charge in [0.1, 0.15) is 18.1 Å². The van der Waals surface area contributed by atoms with Crippen LogP contribution in [0.2, 0.25) is 0 Å². The van der Waals surface area contributed by atoms with Gasteiger partial charge < -0.3 is 57.4 Å². The highest BCUT2D eigenvalue weighted by Gasteiger charge is 2.27. The molecule has 0 saturated carbocycles. The molecule has 67 heavy (non-hydrogen) atoms. The number of carboxylic acids is 1. The van der Waals surface area contributed by atoms with Crippen LogP contribution in [-0.2, 0) is 46.2 Å². The molecule has 0 aliphatic rings. The van der Waals surface area contributed by atoms with Crippen LogP contribution >= 0.6 is 11.3 Å². The largest absolute Gasteiger partial charge is 0.480 e. The number of aryl methyl sites for hydroxylation is 2. The average Bonchev–Trinajstić information content (AvgIpc) is 3.77. The normalized spacial score (nSPS) is 12.4. The number of carbonyl (C=O) groups excluding carboxylic acids is 5. The summed E-state index contributed by atoms with van der Waals surface area (Å²) in [7, 11) is 0. The number of aliphatic carboxylic acids is 1. The molecule has 5 amide bonds. The lowest BCUT2D eigenvalue weighted by Gasteiger charge is -2.23. The van der Waals surface area contributed by atoms with E-state index in [9.17, 15) is 33.9 Å². The fraction of sp³-hybridized carbons (Fsp3) is 0.476. The molecule has 3 aromatic heterocycles. The second-order valence-corrected chi connectivity index (χ2v) is 16.3. The Balaban J connectivity index is 1.12. The van der Waals surface area contributed by atoms with Gasteiger partial charge in [0.2, 0.25) is 23.7 Å². The van der Waals surface area contributed by atoms with Crippen LogP contribution in [0.1, 0.15) is 71.3 Å². The highest BCUT2D eigenvalue weighted by molar-refractivity contribution is 7.18. The Hall–Kier alpha value is -7.05. The lowest BCUT2D eigenvalue weighted by Crippen LogP contribution is -2.53. The fourth-order valence-corrected chi connectivity index (χ4v) is 6.88. The molecular weight excluding hydrogens is 893 g/mol. The van der Waals surface area contributed by atoms with Gasteiger partial charge >= 0.3 is 5.97 Å². The number of hydrogen-bond acceptors (Lipinski definition) is 17. The molecule has 0 aliphatic carbocycles. The van der Waals surface area contributed by atoms with Crippen molar-refractivity contribution in [2.45, 2.75) is 71.0 Å². The van der Waals surface area contributed by atoms with E-state index in [0.717, 1.165) is 16.9 Å². The van der Waals surface area contributed by atoms with E-state index in [1.165, 1.54) is 19.1 Å². The number of nitrogens with one attached hydrogen (secondary N) is 5. The molecule has 3 heterocycles. The maximum atomic E-state index is 13.1. The summed E-state index contributed by atoms with van der Waals surface area (Å²) in [6.45, 7) is 6.96. The van der Waals surface area contributed by atoms with E-state index < -0.39 is 53.6 Å². The molecule has 0 saturated heterocycles. The minimum Gasteiger partial charge on any atom is -0.480 e. The Morgan fingerprint density at radius 2 is 1.54 bits per heavy atom. The minimum atomic E-state index is -1.23. The summed E-state index contributed by atoms with van der Waals surface area (Å²) in [5.74, 6) is -3.91. The van der Waals surface area contributed by atoms with E-state index >= 15 is 0 Å². The molecule has 3 atom stereocenters. The zero-order chi connectivity index (χ0) is 48.7. The summed E-state index contributed by atoms with van der Waals surface area (Å²) >= 11 is 1.00. The molecule has 25 heteroatoms. The molecule has 4 rings (SSSR count). The van der Waals surface area contributed by atoms with Crippen LogP contribution in [0.3, 0.4) is 0 Å². The van der Waals surface area contributed by atoms with E-state index in [1.54, 1.807) is 44.3 Å². The van der Waals surface area contributed by atoms with Gasteiger partial charge in [0, 0.05) is 30.0 Å². The van der Waals surface area contributed by atoms with Crippen LogP contribution in [0.4, 0.5) is 16.8 Å². The number of nitrogen functional groups attached to an aromatic ring is 2. The summed E-state index contributed by atoms with van der Waals surface area (Å²) in [5, 5.41) is 26.7. The number of benzene rings is 1. The van der Waals surface area contributed by atoms with Crippen LogP contribution in [0.25, 0.3) is 21.6 Å². The summed E-state index contributed by atoms with van der Waals surface area (Å²) in [5.41, 5.74) is 22.2. The van der Waals surface area contributed by atoms with Crippen LogP contribution < -0.4 is 38.1 Å². The van der Waals surface area contributed by atoms with Crippen LogP contribution in [0.5, 0.6) is 0 Å². The van der Waals surface area contributed by atoms with E-state index in [1.807, 2.05) is 0 Å². The number of ether oxygens (including phenoxy) is 3. The first-order chi connectivity index (χ1) is 32.1. The fourth-order valence-electron chi connectivity index (χ4n) is 6.06. The van der Waals surface area contributed by atoms with Gasteiger partial charge in [-0.25, -0.2) is 14.8 Å². The Labute approximate surface area is 389 Å². The first-order valence-electron chi connectivity index (χ1n) is 21.3. The number of carboxylic acid groups (broad SMARTS) is 1. The van der Waals surface area contributed by atoms with E-state index in [4.69, 9.17) is 31.2 Å². The lowest BCUT2D eigenvalue weighted by atomic mass is 10.0. The highest BCUT2D eigenvalue weighted by Crippen LogP contribution is 2.22. The van der Waals surface area contributed by atoms with Crippen molar-refractivity contribution in [1.82, 2.24) is 41.2 Å². The molecule has 0 aliphatic heterocycles. The second-order valence-electron chi connectivity index (χ2n) is 15.2. The van der Waals surface area contributed by atoms with E-state index in [-0.39, 0.29) is 80.3 Å². The van der Waals surface area contributed by atoms with Crippen molar-refractivity contribution in [3.05, 3.63) is 74.7 Å². The first kappa shape index (κ1) is 52.6. The summed E-state index contributed by atoms with van der Waals surface area (Å²) in [6, 6.07) is 6.66. The topological polar surface area (TPSA) is 363 Å². The van der Waals surface area contributed by atoms with Crippen molar-refractivity contribution in [3.63, 3.8) is 0 Å². The van der Waals surface area contributed by atoms with Gasteiger partial charge in [-0.05, 0) is 73.9 Å². The SMILES string of the molecule is CC(C)[C@H](NC(=O)CCOCCOCCOCCN=[N+]=[N-])C(=O)N[C@@H](C)C(=O)Nc1ccc(C(=O)NCCC[C@H](NC(=O)c2ccc(CCc3cnc4nc(N)nc(N)c4n3)cc2)C(=O)O)s1. The van der Waals surface area contributed by atoms with Crippen LogP contribution in [0, 0.1) is 5.92 Å². The summed E-state index contributed by atoms with van der Waals surface area (Å²) < 4.78 is 16.0. The molecule has 0 radical (unpaired) electrons. The van der Waals surface area contributed by atoms with Crippen molar-refractivity contribution in [2.75, 3.05) is 69.5 Å². The highest BCUT2D eigenvalue weighted by atomic mass is 32.1. The second kappa shape index (κ2) is 27.4. The predicted molar refractivity (Wildman–Crippen MR) is 247 cm³/mol. The number of hydrogen-bond donors (Lipinski definition) is 8. The summed E-state index contributed by atoms with van der Waals surface area (Å²) in [6.07, 6.45) is 2.95. The molecule has 360 valence electrons. The maximum absolute atomic E-state index is 13.1. The van der Waals surface area contributed by atoms with Crippen molar-refractivity contribution in [1.29, 1.82) is 0 Å². The van der Waals surface area contributed by atoms with Crippen molar-refractivity contribution >= 4 is 74.8 Å². The summed E-state index contributed by atoms with van der Waals surface area (Å²) in [4.78, 5) is 96.0. The third kappa shape index (κ3) is 18.0. The van der Waals surface area contributed by atoms with Crippen LogP contribution in [0.15, 0.2) is 47.7 Å². The minimum absolute atomic E-state index is 0.000336. The third-order valence-corrected chi connectivity index (χ3v) is 10.7. The molecular formula is C42H56N14O10S. The number of azide groups is 1. The Morgan fingerprint density at radius 1 is 0.836 bits per heavy atom. The number of carbonyl (C=O) groups is 6. The first-order valence-corrected chi connectivity index (χ1v) is 22.2. The number of amides is 5. The van der Waals surface area contributed by atoms with Gasteiger partial charge in [-0.15, -0.1) is 11.3 Å². The zero-order valence-electron chi connectivity index (χ0n) is 37.4. The molecule has 0 fully saturated rings. The molecule has 24 nitrogen and oxygen atoms in total. The van der Waals surface area contributed by atoms with Crippen molar-refractivity contribution < 1.29 is 48.1 Å². The predicted octanol–water partition coefficient (Wildman–Crippen LogP) is 2.16.